The highest BCUT2D eigenvalue weighted by atomic mass is 32.2. The number of anilines is 1. The molecule has 4 atom stereocenters. The van der Waals surface area contributed by atoms with Crippen molar-refractivity contribution in [1.29, 1.82) is 5.26 Å². The maximum Gasteiger partial charge on any atom is 0.241 e. The number of nitrogens with zero attached hydrogens (tertiary/aromatic N) is 1. The van der Waals surface area contributed by atoms with Crippen molar-refractivity contribution in [3.05, 3.63) is 65.0 Å². The highest BCUT2D eigenvalue weighted by molar-refractivity contribution is 7.90. The molecule has 1 saturated heterocycles. The summed E-state index contributed by atoms with van der Waals surface area (Å²) in [5.41, 5.74) is 0.911. The molecular formula is C28H35FN4O3S. The number of hydrogen-bond donors (Lipinski definition) is 4. The number of aliphatic hydroxyl groups is 1. The van der Waals surface area contributed by atoms with Crippen LogP contribution in [0.5, 0.6) is 0 Å². The second kappa shape index (κ2) is 11.1. The number of aliphatic hydroxyl groups excluding tert-OH is 1. The largest absolute Gasteiger partial charge is 0.598 e. The molecule has 1 aliphatic heterocycles. The van der Waals surface area contributed by atoms with Crippen LogP contribution in [0.25, 0.3) is 0 Å². The summed E-state index contributed by atoms with van der Waals surface area (Å²) < 4.78 is 31.3. The summed E-state index contributed by atoms with van der Waals surface area (Å²) in [6.07, 6.45) is 3.37. The van der Waals surface area contributed by atoms with E-state index in [1.54, 1.807) is 30.3 Å². The van der Waals surface area contributed by atoms with Crippen molar-refractivity contribution in [2.24, 2.45) is 5.92 Å². The van der Waals surface area contributed by atoms with Gasteiger partial charge in [-0.15, -0.1) is 4.72 Å². The Morgan fingerprint density at radius 1 is 1.24 bits per heavy atom. The lowest BCUT2D eigenvalue weighted by molar-refractivity contribution is -0.118. The monoisotopic (exact) mass is 526 g/mol. The Morgan fingerprint density at radius 3 is 2.59 bits per heavy atom. The average molecular weight is 527 g/mol. The van der Waals surface area contributed by atoms with E-state index in [-0.39, 0.29) is 12.1 Å². The van der Waals surface area contributed by atoms with Gasteiger partial charge in [-0.05, 0) is 81.3 Å². The lowest BCUT2D eigenvalue weighted by Crippen LogP contribution is -2.52. The average Bonchev–Trinajstić information content (AvgIpc) is 3.60. The Bertz CT molecular complexity index is 1180. The van der Waals surface area contributed by atoms with Crippen molar-refractivity contribution in [1.82, 2.24) is 10.0 Å². The second-order valence-corrected chi connectivity index (χ2v) is 13.1. The van der Waals surface area contributed by atoms with Gasteiger partial charge in [-0.3, -0.25) is 4.79 Å². The zero-order valence-corrected chi connectivity index (χ0v) is 22.3. The summed E-state index contributed by atoms with van der Waals surface area (Å²) in [4.78, 5) is 12.8. The van der Waals surface area contributed by atoms with Crippen molar-refractivity contribution in [3.63, 3.8) is 0 Å². The van der Waals surface area contributed by atoms with Gasteiger partial charge in [0.1, 0.15) is 16.1 Å². The van der Waals surface area contributed by atoms with E-state index in [9.17, 15) is 24.1 Å². The lowest BCUT2D eigenvalue weighted by atomic mass is 9.79. The van der Waals surface area contributed by atoms with Crippen LogP contribution in [0.2, 0.25) is 0 Å². The molecule has 7 nitrogen and oxygen atoms in total. The smallest absolute Gasteiger partial charge is 0.241 e. The predicted octanol–water partition coefficient (Wildman–Crippen LogP) is 3.84. The molecule has 4 N–H and O–H groups in total. The number of nitriles is 1. The number of carbonyl (C=O) groups is 1. The van der Waals surface area contributed by atoms with Gasteiger partial charge in [0.2, 0.25) is 5.91 Å². The Balaban J connectivity index is 1.79. The summed E-state index contributed by atoms with van der Waals surface area (Å²) in [6, 6.07) is 13.3. The van der Waals surface area contributed by atoms with Crippen LogP contribution >= 0.6 is 0 Å². The first-order valence-corrected chi connectivity index (χ1v) is 13.9. The molecule has 198 valence electrons. The van der Waals surface area contributed by atoms with Crippen molar-refractivity contribution in [2.45, 2.75) is 75.3 Å². The number of halogens is 1. The molecule has 0 spiro atoms. The van der Waals surface area contributed by atoms with Gasteiger partial charge < -0.3 is 20.3 Å². The summed E-state index contributed by atoms with van der Waals surface area (Å²) in [7, 11) is 0. The zero-order valence-electron chi connectivity index (χ0n) is 21.5. The Labute approximate surface area is 221 Å². The predicted molar refractivity (Wildman–Crippen MR) is 142 cm³/mol. The Kier molecular flexibility index (Phi) is 8.26. The molecule has 1 saturated carbocycles. The van der Waals surface area contributed by atoms with Crippen molar-refractivity contribution in [2.75, 3.05) is 11.9 Å². The van der Waals surface area contributed by atoms with E-state index in [0.29, 0.717) is 30.0 Å². The van der Waals surface area contributed by atoms with E-state index in [4.69, 9.17) is 0 Å². The molecule has 2 aromatic rings. The summed E-state index contributed by atoms with van der Waals surface area (Å²) in [6.45, 7) is 5.95. The Hall–Kier alpha value is -2.48. The minimum Gasteiger partial charge on any atom is -0.598 e. The van der Waals surface area contributed by atoms with Crippen LogP contribution in [0.15, 0.2) is 42.5 Å². The fraction of sp³-hybridized carbons (Fsp3) is 0.500. The number of hydrogen-bond acceptors (Lipinski definition) is 6. The molecule has 1 heterocycles. The second-order valence-electron chi connectivity index (χ2n) is 11.1. The molecule has 2 fully saturated rings. The van der Waals surface area contributed by atoms with E-state index >= 15 is 0 Å². The SMILES string of the molecule is CC(C)(C)[S+]([O-])N[C@](CCC1CC1)(c1cccc(C#N)c1)c1ccc(F)c(NC(=O)[C@H]2C[C@@H](O)CN2)c1. The molecule has 0 radical (unpaired) electrons. The van der Waals surface area contributed by atoms with E-state index in [1.165, 1.54) is 6.07 Å². The molecule has 1 aliphatic carbocycles. The number of amides is 1. The minimum absolute atomic E-state index is 0.0151. The van der Waals surface area contributed by atoms with Gasteiger partial charge in [0.15, 0.2) is 0 Å². The van der Waals surface area contributed by atoms with Crippen LogP contribution in [0.3, 0.4) is 0 Å². The van der Waals surface area contributed by atoms with E-state index < -0.39 is 45.5 Å². The van der Waals surface area contributed by atoms with Crippen LogP contribution in [0, 0.1) is 23.1 Å². The third-order valence-corrected chi connectivity index (χ3v) is 8.72. The Morgan fingerprint density at radius 2 is 1.97 bits per heavy atom. The van der Waals surface area contributed by atoms with Crippen LogP contribution in [0.1, 0.15) is 69.6 Å². The van der Waals surface area contributed by atoms with Gasteiger partial charge in [-0.25, -0.2) is 4.39 Å². The molecule has 1 amide bonds. The fourth-order valence-corrected chi connectivity index (χ4v) is 5.60. The third-order valence-electron chi connectivity index (χ3n) is 7.07. The van der Waals surface area contributed by atoms with Gasteiger partial charge in [-0.2, -0.15) is 5.26 Å². The quantitative estimate of drug-likeness (QED) is 0.369. The van der Waals surface area contributed by atoms with Gasteiger partial charge >= 0.3 is 0 Å². The van der Waals surface area contributed by atoms with E-state index in [2.05, 4.69) is 21.4 Å². The number of carbonyl (C=O) groups excluding carboxylic acids is 1. The first-order chi connectivity index (χ1) is 17.5. The summed E-state index contributed by atoms with van der Waals surface area (Å²) in [5.74, 6) is -0.439. The maximum atomic E-state index is 15.0. The van der Waals surface area contributed by atoms with Gasteiger partial charge in [0, 0.05) is 17.9 Å². The maximum absolute atomic E-state index is 15.0. The van der Waals surface area contributed by atoms with Crippen molar-refractivity contribution < 1.29 is 18.8 Å². The highest BCUT2D eigenvalue weighted by Crippen LogP contribution is 2.43. The van der Waals surface area contributed by atoms with Gasteiger partial charge in [-0.1, -0.05) is 31.0 Å². The number of β-amino-alcohol motifs (C(OH)–C–C–N with tert-alkyl or cyclic N) is 1. The summed E-state index contributed by atoms with van der Waals surface area (Å²) in [5, 5.41) is 25.0. The van der Waals surface area contributed by atoms with Crippen molar-refractivity contribution >= 4 is 23.0 Å². The van der Waals surface area contributed by atoms with E-state index in [0.717, 1.165) is 24.8 Å². The summed E-state index contributed by atoms with van der Waals surface area (Å²) >= 11 is -1.49. The molecular weight excluding hydrogens is 491 g/mol. The molecule has 9 heteroatoms. The van der Waals surface area contributed by atoms with Crippen LogP contribution in [0.4, 0.5) is 10.1 Å². The van der Waals surface area contributed by atoms with E-state index in [1.807, 2.05) is 26.8 Å². The van der Waals surface area contributed by atoms with Crippen molar-refractivity contribution in [3.8, 4) is 6.07 Å². The minimum atomic E-state index is -1.49. The normalized spacial score (nSPS) is 22.2. The third kappa shape index (κ3) is 6.51. The van der Waals surface area contributed by atoms with Crippen LogP contribution < -0.4 is 15.4 Å². The van der Waals surface area contributed by atoms with Crippen LogP contribution in [-0.4, -0.2) is 39.0 Å². The highest BCUT2D eigenvalue weighted by Gasteiger charge is 2.43. The molecule has 37 heavy (non-hydrogen) atoms. The molecule has 0 aromatic heterocycles. The molecule has 4 rings (SSSR count). The van der Waals surface area contributed by atoms with Crippen LogP contribution in [-0.2, 0) is 21.7 Å². The standard InChI is InChI=1S/C28H35FN4O3S/c1-27(2,3)37(36)33-28(12-11-18-7-8-18,20-6-4-5-19(13-20)16-30)21-9-10-23(29)24(14-21)32-26(35)25-15-22(34)17-31-25/h4-6,9-10,13-14,18,22,25,31,33-34H,7-8,11-12,15,17H2,1-3H3,(H,32,35)/t22-,25-,28-,37?/m1/s1. The van der Waals surface area contributed by atoms with Gasteiger partial charge in [0.05, 0.1) is 29.5 Å². The topological polar surface area (TPSA) is 120 Å². The first-order valence-electron chi connectivity index (χ1n) is 12.7. The number of rotatable bonds is 9. The lowest BCUT2D eigenvalue weighted by Gasteiger charge is -2.39. The zero-order chi connectivity index (χ0) is 26.8. The molecule has 2 aromatic carbocycles. The molecule has 0 bridgehead atoms. The molecule has 2 aliphatic rings. The van der Waals surface area contributed by atoms with Gasteiger partial charge in [0.25, 0.3) is 0 Å². The number of benzene rings is 2. The first kappa shape index (κ1) is 27.6. The fourth-order valence-electron chi connectivity index (χ4n) is 4.64. The number of nitrogens with one attached hydrogen (secondary N) is 3. The molecule has 1 unspecified atom stereocenters.